The van der Waals surface area contributed by atoms with Crippen LogP contribution in [-0.4, -0.2) is 112 Å². The first kappa shape index (κ1) is 30.0. The smallest absolute Gasteiger partial charge is 0.255 e. The number of aliphatic hydroxyl groups is 4. The molecule has 4 aliphatic rings. The molecule has 0 bridgehead atoms. The number of primary amides is 1. The number of anilines is 1. The number of nitrogens with two attached hydrogens (primary N) is 1. The minimum absolute atomic E-state index is 0.0360. The van der Waals surface area contributed by atoms with Gasteiger partial charge in [-0.05, 0) is 75.9 Å². The molecule has 1 aromatic rings. The minimum Gasteiger partial charge on any atom is -0.508 e. The molecule has 12 heteroatoms. The second-order valence-electron chi connectivity index (χ2n) is 12.4. The second kappa shape index (κ2) is 10.7. The molecule has 12 nitrogen and oxygen atoms in total. The Balaban J connectivity index is 1.66. The molecule has 1 saturated carbocycles. The maximum Gasteiger partial charge on any atom is 0.255 e. The highest BCUT2D eigenvalue weighted by Gasteiger charge is 2.64. The van der Waals surface area contributed by atoms with Crippen LogP contribution < -0.4 is 10.6 Å². The third-order valence-electron chi connectivity index (χ3n) is 9.55. The summed E-state index contributed by atoms with van der Waals surface area (Å²) in [6.45, 7) is 1.46. The molecular weight excluding hydrogens is 544 g/mol. The summed E-state index contributed by atoms with van der Waals surface area (Å²) in [5, 5.41) is 55.1. The van der Waals surface area contributed by atoms with E-state index >= 15 is 0 Å². The number of phenols is 1. The average molecular weight is 585 g/mol. The number of amides is 1. The topological polar surface area (TPSA) is 188 Å². The number of carbonyl (C=O) groups is 3. The lowest BCUT2D eigenvalue weighted by molar-refractivity contribution is -0.153. The summed E-state index contributed by atoms with van der Waals surface area (Å²) >= 11 is 0. The quantitative estimate of drug-likeness (QED) is 0.243. The Labute approximate surface area is 244 Å². The van der Waals surface area contributed by atoms with E-state index in [1.165, 1.54) is 4.90 Å². The van der Waals surface area contributed by atoms with E-state index in [4.69, 9.17) is 5.73 Å². The van der Waals surface area contributed by atoms with Gasteiger partial charge in [0.05, 0.1) is 11.6 Å². The Morgan fingerprint density at radius 1 is 1.17 bits per heavy atom. The molecule has 1 aliphatic heterocycles. The Kier molecular flexibility index (Phi) is 7.63. The van der Waals surface area contributed by atoms with Gasteiger partial charge in [-0.2, -0.15) is 0 Å². The van der Waals surface area contributed by atoms with Crippen molar-refractivity contribution in [3.8, 4) is 5.75 Å². The van der Waals surface area contributed by atoms with Crippen molar-refractivity contribution in [2.24, 2.45) is 17.6 Å². The fourth-order valence-corrected chi connectivity index (χ4v) is 7.84. The molecule has 0 aromatic heterocycles. The number of likely N-dealkylation sites (N-methyl/N-ethyl adjacent to an activating group) is 1. The summed E-state index contributed by atoms with van der Waals surface area (Å²) in [6, 6.07) is 0.664. The summed E-state index contributed by atoms with van der Waals surface area (Å²) in [6.07, 6.45) is 2.89. The molecule has 1 amide bonds. The fraction of sp³-hybridized carbons (Fsp3) is 0.567. The molecule has 5 atom stereocenters. The molecular formula is C30H40N4O8. The first-order valence-electron chi connectivity index (χ1n) is 14.3. The molecule has 1 saturated heterocycles. The van der Waals surface area contributed by atoms with E-state index in [2.05, 4.69) is 4.90 Å². The predicted molar refractivity (Wildman–Crippen MR) is 154 cm³/mol. The normalized spacial score (nSPS) is 29.6. The largest absolute Gasteiger partial charge is 0.508 e. The Hall–Kier alpha value is -3.45. The van der Waals surface area contributed by atoms with E-state index in [1.807, 2.05) is 19.0 Å². The van der Waals surface area contributed by atoms with Gasteiger partial charge in [-0.25, -0.2) is 0 Å². The number of fused-ring (bicyclic) bond motifs is 3. The monoisotopic (exact) mass is 584 g/mol. The summed E-state index contributed by atoms with van der Waals surface area (Å²) < 4.78 is 0. The van der Waals surface area contributed by atoms with Gasteiger partial charge in [0.15, 0.2) is 11.4 Å². The van der Waals surface area contributed by atoms with Crippen LogP contribution in [0.3, 0.4) is 0 Å². The van der Waals surface area contributed by atoms with Crippen LogP contribution in [0.5, 0.6) is 5.75 Å². The summed E-state index contributed by atoms with van der Waals surface area (Å²) in [5.41, 5.74) is 4.06. The van der Waals surface area contributed by atoms with Crippen molar-refractivity contribution in [2.45, 2.75) is 56.3 Å². The molecule has 1 heterocycles. The highest BCUT2D eigenvalue weighted by molar-refractivity contribution is 6.24. The van der Waals surface area contributed by atoms with E-state index in [0.717, 1.165) is 30.6 Å². The van der Waals surface area contributed by atoms with E-state index in [9.17, 15) is 39.9 Å². The number of nitrogens with zero attached hydrogens (tertiary/aromatic N) is 3. The summed E-state index contributed by atoms with van der Waals surface area (Å²) in [7, 11) is 6.87. The highest BCUT2D eigenvalue weighted by Crippen LogP contribution is 2.54. The maximum atomic E-state index is 14.1. The fourth-order valence-electron chi connectivity index (χ4n) is 7.84. The number of benzene rings is 1. The lowest BCUT2D eigenvalue weighted by Crippen LogP contribution is -2.65. The highest BCUT2D eigenvalue weighted by atomic mass is 16.3. The van der Waals surface area contributed by atoms with Crippen molar-refractivity contribution in [1.29, 1.82) is 0 Å². The average Bonchev–Trinajstić information content (AvgIpc) is 3.32. The molecule has 228 valence electrons. The first-order chi connectivity index (χ1) is 19.7. The number of hydrogen-bond donors (Lipinski definition) is 6. The molecule has 5 rings (SSSR count). The van der Waals surface area contributed by atoms with Crippen LogP contribution in [0.4, 0.5) is 5.69 Å². The number of carbonyl (C=O) groups excluding carboxylic acids is 3. The Morgan fingerprint density at radius 3 is 2.45 bits per heavy atom. The van der Waals surface area contributed by atoms with Crippen LogP contribution in [0, 0.1) is 11.8 Å². The Morgan fingerprint density at radius 2 is 1.86 bits per heavy atom. The Bertz CT molecular complexity index is 1420. The second-order valence-corrected chi connectivity index (χ2v) is 12.4. The SMILES string of the molecule is CN(C)c1c(CN2CCC[C@@H]2CCO)cc(O)c2c1C[C@H]1C[C@H]3[C@H](N(C)C)C(=O)C(C(N)=O)=C(O)[C@@]3(O)C(=O)C1=C2O. The van der Waals surface area contributed by atoms with Crippen LogP contribution in [0.25, 0.3) is 5.76 Å². The third-order valence-corrected chi connectivity index (χ3v) is 9.55. The molecule has 1 aromatic carbocycles. The van der Waals surface area contributed by atoms with E-state index < -0.39 is 58.0 Å². The number of ketones is 2. The standard InChI is InChI=1S/C30H40N4O8/c1-32(2)23-15(13-34-8-5-6-16(34)7-9-35)12-19(36)21-17(23)10-14-11-18-24(33(3)4)26(38)22(29(31)41)28(40)30(18,42)27(39)20(14)25(21)37/h12,14,16,18,24,35-37,40,42H,5-11,13H2,1-4H3,(H2,31,41)/t14-,16+,18-,24-,30-/m0/s1. The zero-order valence-corrected chi connectivity index (χ0v) is 24.4. The van der Waals surface area contributed by atoms with E-state index in [1.54, 1.807) is 20.2 Å². The van der Waals surface area contributed by atoms with Crippen LogP contribution in [0.1, 0.15) is 42.4 Å². The van der Waals surface area contributed by atoms with E-state index in [0.29, 0.717) is 18.5 Å². The molecule has 7 N–H and O–H groups in total. The molecule has 0 radical (unpaired) electrons. The summed E-state index contributed by atoms with van der Waals surface area (Å²) in [5.74, 6) is -6.67. The number of phenolic OH excluding ortho intramolecular Hbond substituents is 1. The molecule has 2 fully saturated rings. The van der Waals surface area contributed by atoms with Crippen LogP contribution >= 0.6 is 0 Å². The number of aliphatic hydroxyl groups excluding tert-OH is 3. The maximum absolute atomic E-state index is 14.1. The van der Waals surface area contributed by atoms with Gasteiger partial charge in [-0.15, -0.1) is 0 Å². The van der Waals surface area contributed by atoms with Gasteiger partial charge in [0, 0.05) is 50.5 Å². The third kappa shape index (κ3) is 4.31. The van der Waals surface area contributed by atoms with Crippen LogP contribution in [0.2, 0.25) is 0 Å². The molecule has 0 unspecified atom stereocenters. The number of Topliss-reactive ketones (excluding diaryl/α,β-unsaturated/α-hetero) is 2. The van der Waals surface area contributed by atoms with E-state index in [-0.39, 0.29) is 42.4 Å². The summed E-state index contributed by atoms with van der Waals surface area (Å²) in [4.78, 5) is 45.2. The van der Waals surface area contributed by atoms with Gasteiger partial charge in [0.1, 0.15) is 22.8 Å². The number of hydrogen-bond acceptors (Lipinski definition) is 11. The number of aromatic hydroxyl groups is 1. The molecule has 0 spiro atoms. The van der Waals surface area contributed by atoms with Crippen molar-refractivity contribution >= 4 is 28.9 Å². The zero-order chi connectivity index (χ0) is 30.8. The minimum atomic E-state index is -2.66. The van der Waals surface area contributed by atoms with Crippen molar-refractivity contribution in [2.75, 3.05) is 46.2 Å². The first-order valence-corrected chi connectivity index (χ1v) is 14.3. The van der Waals surface area contributed by atoms with Gasteiger partial charge in [0.2, 0.25) is 5.78 Å². The van der Waals surface area contributed by atoms with Crippen molar-refractivity contribution in [1.82, 2.24) is 9.80 Å². The number of likely N-dealkylation sites (tertiary alicyclic amines) is 1. The van der Waals surface area contributed by atoms with Crippen molar-refractivity contribution < 1.29 is 39.9 Å². The van der Waals surface area contributed by atoms with Gasteiger partial charge >= 0.3 is 0 Å². The van der Waals surface area contributed by atoms with Gasteiger partial charge in [-0.1, -0.05) is 0 Å². The molecule has 3 aliphatic carbocycles. The van der Waals surface area contributed by atoms with Gasteiger partial charge < -0.3 is 36.2 Å². The van der Waals surface area contributed by atoms with Gasteiger partial charge in [0.25, 0.3) is 5.91 Å². The van der Waals surface area contributed by atoms with Crippen molar-refractivity contribution in [3.05, 3.63) is 39.7 Å². The van der Waals surface area contributed by atoms with Crippen molar-refractivity contribution in [3.63, 3.8) is 0 Å². The molecule has 42 heavy (non-hydrogen) atoms. The lowest BCUT2D eigenvalue weighted by atomic mass is 9.57. The van der Waals surface area contributed by atoms with Gasteiger partial charge in [-0.3, -0.25) is 24.2 Å². The van der Waals surface area contributed by atoms with Crippen LogP contribution in [-0.2, 0) is 27.3 Å². The zero-order valence-electron chi connectivity index (χ0n) is 24.4. The number of rotatable bonds is 7. The lowest BCUT2D eigenvalue weighted by Gasteiger charge is -2.50. The predicted octanol–water partition coefficient (Wildman–Crippen LogP) is 0.377. The van der Waals surface area contributed by atoms with Crippen LogP contribution in [0.15, 0.2) is 23.0 Å².